The lowest BCUT2D eigenvalue weighted by atomic mass is 10.0. The fraction of sp³-hybridized carbons (Fsp3) is 0.167. The van der Waals surface area contributed by atoms with Crippen LogP contribution >= 0.6 is 0 Å². The predicted octanol–water partition coefficient (Wildman–Crippen LogP) is 2.52. The summed E-state index contributed by atoms with van der Waals surface area (Å²) < 4.78 is 10.7. The van der Waals surface area contributed by atoms with Gasteiger partial charge < -0.3 is 20.1 Å². The highest BCUT2D eigenvalue weighted by Crippen LogP contribution is 2.29. The number of amides is 1. The largest absolute Gasteiger partial charge is 0.459 e. The van der Waals surface area contributed by atoms with Gasteiger partial charge in [-0.15, -0.1) is 0 Å². The molecular weight excluding hydrogens is 292 g/mol. The highest BCUT2D eigenvalue weighted by molar-refractivity contribution is 5.81. The van der Waals surface area contributed by atoms with Gasteiger partial charge in [0.25, 0.3) is 0 Å². The first-order valence-electron chi connectivity index (χ1n) is 7.35. The lowest BCUT2D eigenvalue weighted by Crippen LogP contribution is -2.37. The Kier molecular flexibility index (Phi) is 4.47. The molecule has 1 heterocycles. The number of nitrogens with zero attached hydrogens (tertiary/aromatic N) is 1. The molecule has 23 heavy (non-hydrogen) atoms. The molecule has 2 aromatic carbocycles. The van der Waals surface area contributed by atoms with E-state index in [0.717, 1.165) is 11.1 Å². The number of hydrogen-bond donors (Lipinski definition) is 1. The minimum atomic E-state index is -0.635. The number of primary amides is 1. The summed E-state index contributed by atoms with van der Waals surface area (Å²) in [6, 6.07) is 18.6. The second-order valence-electron chi connectivity index (χ2n) is 5.21. The second-order valence-corrected chi connectivity index (χ2v) is 5.21. The maximum absolute atomic E-state index is 12.1. The van der Waals surface area contributed by atoms with Gasteiger partial charge >= 0.3 is 0 Å². The zero-order valence-corrected chi connectivity index (χ0v) is 12.6. The number of nitrogens with two attached hydrogens (primary N) is 1. The van der Waals surface area contributed by atoms with Crippen LogP contribution in [0.25, 0.3) is 0 Å². The van der Waals surface area contributed by atoms with Gasteiger partial charge in [0.05, 0.1) is 0 Å². The minimum absolute atomic E-state index is 0.140. The van der Waals surface area contributed by atoms with E-state index < -0.39 is 11.9 Å². The van der Waals surface area contributed by atoms with Crippen LogP contribution in [0.5, 0.6) is 0 Å². The summed E-state index contributed by atoms with van der Waals surface area (Å²) in [5.41, 5.74) is 7.55. The number of hydrogen-bond acceptors (Lipinski definition) is 4. The maximum atomic E-state index is 12.1. The Morgan fingerprint density at radius 1 is 1.09 bits per heavy atom. The molecule has 0 bridgehead atoms. The third-order valence-electron chi connectivity index (χ3n) is 3.63. The number of carbonyl (C=O) groups excluding carboxylic acids is 1. The van der Waals surface area contributed by atoms with Crippen molar-refractivity contribution in [2.45, 2.75) is 12.6 Å². The number of rotatable bonds is 6. The third-order valence-corrected chi connectivity index (χ3v) is 3.63. The molecule has 3 rings (SSSR count). The quantitative estimate of drug-likeness (QED) is 0.890. The number of benzene rings is 2. The van der Waals surface area contributed by atoms with Crippen molar-refractivity contribution in [3.8, 4) is 0 Å². The predicted molar refractivity (Wildman–Crippen MR) is 85.5 cm³/mol. The van der Waals surface area contributed by atoms with Crippen molar-refractivity contribution in [2.24, 2.45) is 5.73 Å². The van der Waals surface area contributed by atoms with Gasteiger partial charge in [0.2, 0.25) is 18.6 Å². The molecule has 0 radical (unpaired) electrons. The number of ether oxygens (including phenoxy) is 2. The Morgan fingerprint density at radius 3 is 2.30 bits per heavy atom. The summed E-state index contributed by atoms with van der Waals surface area (Å²) in [6.45, 7) is 0.624. The molecule has 1 aliphatic rings. The highest BCUT2D eigenvalue weighted by Gasteiger charge is 2.30. The number of carbonyl (C=O) groups is 1. The van der Waals surface area contributed by atoms with Crippen molar-refractivity contribution >= 4 is 5.91 Å². The Labute approximate surface area is 134 Å². The smallest absolute Gasteiger partial charge is 0.244 e. The van der Waals surface area contributed by atoms with Crippen molar-refractivity contribution < 1.29 is 14.3 Å². The fourth-order valence-electron chi connectivity index (χ4n) is 2.59. The van der Waals surface area contributed by atoms with Crippen LogP contribution in [0.4, 0.5) is 0 Å². The Balaban J connectivity index is 1.96. The summed E-state index contributed by atoms with van der Waals surface area (Å²) in [7, 11) is 0. The maximum Gasteiger partial charge on any atom is 0.244 e. The van der Waals surface area contributed by atoms with Gasteiger partial charge in [0.15, 0.2) is 0 Å². The van der Waals surface area contributed by atoms with Crippen LogP contribution in [0.2, 0.25) is 0 Å². The van der Waals surface area contributed by atoms with E-state index in [1.807, 2.05) is 65.6 Å². The van der Waals surface area contributed by atoms with E-state index in [1.165, 1.54) is 6.26 Å². The van der Waals surface area contributed by atoms with E-state index in [9.17, 15) is 4.79 Å². The van der Waals surface area contributed by atoms with Crippen LogP contribution in [-0.4, -0.2) is 17.6 Å². The van der Waals surface area contributed by atoms with Crippen molar-refractivity contribution in [3.05, 3.63) is 83.9 Å². The average Bonchev–Trinajstić information content (AvgIpc) is 3.10. The normalized spacial score (nSPS) is 14.3. The van der Waals surface area contributed by atoms with Gasteiger partial charge in [-0.2, -0.15) is 0 Å². The summed E-state index contributed by atoms with van der Waals surface area (Å²) >= 11 is 0. The molecule has 0 aromatic heterocycles. The Morgan fingerprint density at radius 2 is 1.74 bits per heavy atom. The van der Waals surface area contributed by atoms with Crippen LogP contribution < -0.4 is 5.73 Å². The van der Waals surface area contributed by atoms with E-state index in [4.69, 9.17) is 15.2 Å². The first-order valence-corrected chi connectivity index (χ1v) is 7.35. The minimum Gasteiger partial charge on any atom is -0.459 e. The van der Waals surface area contributed by atoms with E-state index in [1.54, 1.807) is 0 Å². The zero-order chi connectivity index (χ0) is 16.1. The third kappa shape index (κ3) is 3.45. The van der Waals surface area contributed by atoms with E-state index >= 15 is 0 Å². The lowest BCUT2D eigenvalue weighted by Gasteiger charge is -2.31. The molecule has 1 aliphatic heterocycles. The first-order chi connectivity index (χ1) is 11.3. The van der Waals surface area contributed by atoms with Crippen LogP contribution in [0.1, 0.15) is 17.2 Å². The van der Waals surface area contributed by atoms with Crippen molar-refractivity contribution in [2.75, 3.05) is 6.79 Å². The summed E-state index contributed by atoms with van der Waals surface area (Å²) in [5.74, 6) is 0.0602. The summed E-state index contributed by atoms with van der Waals surface area (Å²) in [5, 5.41) is 0. The fourth-order valence-corrected chi connectivity index (χ4v) is 2.59. The van der Waals surface area contributed by atoms with Crippen molar-refractivity contribution in [1.29, 1.82) is 0 Å². The average molecular weight is 310 g/mol. The highest BCUT2D eigenvalue weighted by atomic mass is 16.7. The topological polar surface area (TPSA) is 64.8 Å². The molecule has 5 nitrogen and oxygen atoms in total. The SMILES string of the molecule is NC(=O)C(c1ccccc1)N(Cc1ccccc1)C1=COCO1. The van der Waals surface area contributed by atoms with Crippen molar-refractivity contribution in [1.82, 2.24) is 4.90 Å². The Bertz CT molecular complexity index is 686. The molecule has 2 N–H and O–H groups in total. The molecule has 1 unspecified atom stereocenters. The summed E-state index contributed by atoms with van der Waals surface area (Å²) in [4.78, 5) is 14.0. The van der Waals surface area contributed by atoms with E-state index in [0.29, 0.717) is 12.4 Å². The van der Waals surface area contributed by atoms with E-state index in [2.05, 4.69) is 0 Å². The van der Waals surface area contributed by atoms with Crippen LogP contribution in [-0.2, 0) is 20.8 Å². The second kappa shape index (κ2) is 6.87. The molecule has 1 atom stereocenters. The lowest BCUT2D eigenvalue weighted by molar-refractivity contribution is -0.124. The van der Waals surface area contributed by atoms with E-state index in [-0.39, 0.29) is 6.79 Å². The van der Waals surface area contributed by atoms with Gasteiger partial charge in [-0.1, -0.05) is 60.7 Å². The van der Waals surface area contributed by atoms with Gasteiger partial charge in [-0.3, -0.25) is 4.79 Å². The summed E-state index contributed by atoms with van der Waals surface area (Å²) in [6.07, 6.45) is 1.52. The Hall–Kier alpha value is -2.95. The molecule has 0 fully saturated rings. The van der Waals surface area contributed by atoms with Crippen LogP contribution in [0, 0.1) is 0 Å². The van der Waals surface area contributed by atoms with Crippen LogP contribution in [0.3, 0.4) is 0 Å². The zero-order valence-electron chi connectivity index (χ0n) is 12.6. The molecule has 2 aromatic rings. The van der Waals surface area contributed by atoms with Crippen LogP contribution in [0.15, 0.2) is 72.8 Å². The molecule has 118 valence electrons. The van der Waals surface area contributed by atoms with Crippen molar-refractivity contribution in [3.63, 3.8) is 0 Å². The van der Waals surface area contributed by atoms with Gasteiger partial charge in [0.1, 0.15) is 12.3 Å². The molecule has 0 saturated heterocycles. The van der Waals surface area contributed by atoms with Gasteiger partial charge in [-0.05, 0) is 11.1 Å². The molecule has 0 aliphatic carbocycles. The molecule has 1 amide bonds. The first kappa shape index (κ1) is 15.0. The monoisotopic (exact) mass is 310 g/mol. The van der Waals surface area contributed by atoms with Gasteiger partial charge in [-0.25, -0.2) is 0 Å². The molecule has 5 heteroatoms. The van der Waals surface area contributed by atoms with Gasteiger partial charge in [0, 0.05) is 6.54 Å². The molecular formula is C18H18N2O3. The molecule has 0 spiro atoms. The molecule has 0 saturated carbocycles. The standard InChI is InChI=1S/C18H18N2O3/c19-18(21)17(15-9-5-2-6-10-15)20(16-12-22-13-23-16)11-14-7-3-1-4-8-14/h1-10,12,17H,11,13H2,(H2,19,21).